The molecule has 0 aromatic carbocycles. The Morgan fingerprint density at radius 3 is 2.38 bits per heavy atom. The number of hydrogen-bond donors (Lipinski definition) is 7. The Hall–Kier alpha value is -2.68. The number of alkyl halides is 1. The van der Waals surface area contributed by atoms with Crippen molar-refractivity contribution in [2.24, 2.45) is 23.2 Å². The zero-order valence-corrected chi connectivity index (χ0v) is 45.9. The number of halogens is 1. The number of allylic oxidation sites excluding steroid dienone is 5. The molecule has 1 spiro atoms. The average molecular weight is 1090 g/mol. The minimum absolute atomic E-state index is 0.0219. The van der Waals surface area contributed by atoms with Crippen molar-refractivity contribution in [2.45, 2.75) is 171 Å². The van der Waals surface area contributed by atoms with E-state index in [1.54, 1.807) is 38.9 Å². The molecule has 19 nitrogen and oxygen atoms in total. The monoisotopic (exact) mass is 1090 g/mol. The van der Waals surface area contributed by atoms with Crippen LogP contribution >= 0.6 is 23.8 Å². The maximum Gasteiger partial charge on any atom is 0.469 e. The highest BCUT2D eigenvalue weighted by Gasteiger charge is 2.68. The number of ether oxygens (including phenoxy) is 5. The summed E-state index contributed by atoms with van der Waals surface area (Å²) in [7, 11) is 1.19. The van der Waals surface area contributed by atoms with Crippen LogP contribution in [0.5, 0.6) is 0 Å². The molecule has 3 aliphatic heterocycles. The summed E-state index contributed by atoms with van der Waals surface area (Å²) in [5.41, 5.74) is 0.249. The van der Waals surface area contributed by atoms with Crippen molar-refractivity contribution in [3.05, 3.63) is 59.4 Å². The van der Waals surface area contributed by atoms with E-state index in [2.05, 4.69) is 33.2 Å². The molecule has 3 saturated heterocycles. The summed E-state index contributed by atoms with van der Waals surface area (Å²) in [6, 6.07) is 1.43. The highest BCUT2D eigenvalue weighted by Crippen LogP contribution is 2.59. The summed E-state index contributed by atoms with van der Waals surface area (Å²) < 4.78 is 55.4. The molecule has 1 aromatic heterocycles. The van der Waals surface area contributed by atoms with Crippen LogP contribution in [-0.4, -0.2) is 165 Å². The van der Waals surface area contributed by atoms with Gasteiger partial charge in [0, 0.05) is 62.9 Å². The molecule has 3 aliphatic rings. The van der Waals surface area contributed by atoms with Crippen LogP contribution in [-0.2, 0) is 37.6 Å². The molecule has 7 N–H and O–H groups in total. The molecular weight excluding hydrogens is 1010 g/mol. The molecule has 402 valence electrons. The van der Waals surface area contributed by atoms with Gasteiger partial charge >= 0.3 is 7.82 Å². The molecule has 0 unspecified atom stereocenters. The number of nitrogens with one attached hydrogen (secondary N) is 1. The standard InChI is InChI=1S/C50H80BrN4O15P/c1-28(20-22-52)16-14-17-30(3)49(9)44(51)33(6)42(68-49)32(5)36(56)24-39(65-13)43-45(70-71(61,62)63)48(7,8)50(69-43)25-37(57)31(4)38(67-50)19-15-18-34-26-66-47(54-34)29(2)21-23-53-46(60)41(59)40(58)35(27-64-12)55(10)11/h14-18,20,26,29,31-33,35-45,56-59H,19,21,23-25,27H2,1-13H3,(H,53,60)(H2,61,62,63)/b16-14+,18-15+,28-20-,30-17+/t29-,31-,32-,33-,35-,36-,37+,38-,39-,40-,41-,42-,43+,44+,45-,49+,50+/m1/s1. The first-order chi connectivity index (χ1) is 33.1. The average Bonchev–Trinajstić information content (AvgIpc) is 3.93. The Morgan fingerprint density at radius 1 is 1.10 bits per heavy atom. The van der Waals surface area contributed by atoms with Gasteiger partial charge in [-0.1, -0.05) is 81.8 Å². The molecule has 71 heavy (non-hydrogen) atoms. The van der Waals surface area contributed by atoms with Crippen LogP contribution in [0.4, 0.5) is 0 Å². The first-order valence-electron chi connectivity index (χ1n) is 24.2. The van der Waals surface area contributed by atoms with Crippen LogP contribution in [0.3, 0.4) is 0 Å². The lowest BCUT2D eigenvalue weighted by molar-refractivity contribution is -0.334. The molecule has 21 heteroatoms. The van der Waals surface area contributed by atoms with E-state index in [9.17, 15) is 39.6 Å². The Balaban J connectivity index is 1.46. The highest BCUT2D eigenvalue weighted by atomic mass is 79.9. The second kappa shape index (κ2) is 25.7. The molecular formula is C50H80BrN4O15P. The third kappa shape index (κ3) is 14.6. The van der Waals surface area contributed by atoms with Crippen LogP contribution < -0.4 is 5.32 Å². The van der Waals surface area contributed by atoms with Gasteiger partial charge in [0.2, 0.25) is 0 Å². The molecule has 0 bridgehead atoms. The Kier molecular flexibility index (Phi) is 22.0. The minimum atomic E-state index is -5.14. The second-order valence-electron chi connectivity index (χ2n) is 20.6. The van der Waals surface area contributed by atoms with Crippen molar-refractivity contribution in [2.75, 3.05) is 41.5 Å². The molecule has 4 rings (SSSR count). The molecule has 1 amide bonds. The van der Waals surface area contributed by atoms with Gasteiger partial charge in [0.05, 0.1) is 59.7 Å². The molecule has 0 saturated carbocycles. The molecule has 0 radical (unpaired) electrons. The predicted molar refractivity (Wildman–Crippen MR) is 269 cm³/mol. The van der Waals surface area contributed by atoms with Crippen LogP contribution in [0.25, 0.3) is 6.08 Å². The van der Waals surface area contributed by atoms with Crippen LogP contribution in [0.2, 0.25) is 0 Å². The SMILES string of the molecule is COC[C@H]([C@@H](O)[C@@H](O)C(=O)NCC[C@@H](C)c1nc(/C=C/C[C@H]2O[C@@]3(C[C@H](O)[C@H]2C)O[C@@H]([C@@H](C[C@@H](O)[C@@H](C)[C@H]2O[C@@](C)(/C(C)=C/C=C/C(C)=C\C#N)[C@@H](Br)[C@@H]2C)OC)[C@@H](OP(=O)(O)O)C3(C)C)co1)N(C)C. The number of oxazole rings is 1. The number of carbonyl (C=O) groups excluding carboxylic acids is 1. The normalized spacial score (nSPS) is 32.6. The van der Waals surface area contributed by atoms with Crippen molar-refractivity contribution in [3.63, 3.8) is 0 Å². The van der Waals surface area contributed by atoms with Gasteiger partial charge in [-0.05, 0) is 70.8 Å². The van der Waals surface area contributed by atoms with Crippen molar-refractivity contribution < 1.29 is 72.2 Å². The largest absolute Gasteiger partial charge is 0.469 e. The van der Waals surface area contributed by atoms with Crippen molar-refractivity contribution in [1.82, 2.24) is 15.2 Å². The zero-order valence-electron chi connectivity index (χ0n) is 43.5. The lowest BCUT2D eigenvalue weighted by Crippen LogP contribution is -2.58. The number of aliphatic hydroxyl groups excluding tert-OH is 4. The van der Waals surface area contributed by atoms with E-state index in [1.165, 1.54) is 26.6 Å². The Morgan fingerprint density at radius 2 is 1.77 bits per heavy atom. The third-order valence-corrected chi connectivity index (χ3v) is 17.2. The molecule has 17 atom stereocenters. The van der Waals surface area contributed by atoms with E-state index in [0.29, 0.717) is 18.0 Å². The fourth-order valence-corrected chi connectivity index (χ4v) is 11.4. The van der Waals surface area contributed by atoms with E-state index < -0.39 is 103 Å². The van der Waals surface area contributed by atoms with E-state index in [4.69, 9.17) is 37.9 Å². The van der Waals surface area contributed by atoms with Crippen molar-refractivity contribution >= 4 is 35.7 Å². The number of hydrogen-bond acceptors (Lipinski definition) is 16. The van der Waals surface area contributed by atoms with Crippen LogP contribution in [0.1, 0.15) is 105 Å². The molecule has 4 heterocycles. The van der Waals surface area contributed by atoms with E-state index in [0.717, 1.165) is 11.1 Å². The first kappa shape index (κ1) is 60.9. The smallest absolute Gasteiger partial charge is 0.448 e. The van der Waals surface area contributed by atoms with Gasteiger partial charge in [-0.15, -0.1) is 0 Å². The van der Waals surface area contributed by atoms with Gasteiger partial charge in [0.25, 0.3) is 5.91 Å². The quantitative estimate of drug-likeness (QED) is 0.0299. The summed E-state index contributed by atoms with van der Waals surface area (Å²) in [4.78, 5) is 39.3. The van der Waals surface area contributed by atoms with Crippen molar-refractivity contribution in [3.8, 4) is 6.07 Å². The second-order valence-corrected chi connectivity index (χ2v) is 22.8. The molecule has 1 aromatic rings. The lowest BCUT2D eigenvalue weighted by Gasteiger charge is -2.50. The van der Waals surface area contributed by atoms with Gasteiger partial charge in [-0.3, -0.25) is 9.32 Å². The van der Waals surface area contributed by atoms with Gasteiger partial charge in [-0.25, -0.2) is 9.55 Å². The summed E-state index contributed by atoms with van der Waals surface area (Å²) in [5.74, 6) is -3.00. The van der Waals surface area contributed by atoms with E-state index in [-0.39, 0.29) is 49.1 Å². The number of rotatable bonds is 24. The summed E-state index contributed by atoms with van der Waals surface area (Å²) >= 11 is 3.88. The van der Waals surface area contributed by atoms with Gasteiger partial charge in [0.1, 0.15) is 30.3 Å². The number of nitrogens with zero attached hydrogens (tertiary/aromatic N) is 3. The summed E-state index contributed by atoms with van der Waals surface area (Å²) in [5, 5.41) is 56.2. The Labute approximate surface area is 428 Å². The van der Waals surface area contributed by atoms with Gasteiger partial charge < -0.3 is 68.5 Å². The predicted octanol–water partition coefficient (Wildman–Crippen LogP) is 5.30. The number of likely N-dealkylation sites (N-methyl/N-ethyl adjacent to an activating group) is 1. The topological polar surface area (TPSA) is 276 Å². The minimum Gasteiger partial charge on any atom is -0.448 e. The van der Waals surface area contributed by atoms with Crippen LogP contribution in [0, 0.1) is 34.5 Å². The Bertz CT molecular complexity index is 2120. The lowest BCUT2D eigenvalue weighted by atomic mass is 9.72. The third-order valence-electron chi connectivity index (χ3n) is 15.0. The fraction of sp³-hybridized carbons (Fsp3) is 0.740. The zero-order chi connectivity index (χ0) is 53.4. The van der Waals surface area contributed by atoms with Gasteiger partial charge in [0.15, 0.2) is 17.8 Å². The maximum atomic E-state index is 12.6. The number of methoxy groups -OCH3 is 2. The van der Waals surface area contributed by atoms with E-state index >= 15 is 0 Å². The van der Waals surface area contributed by atoms with Gasteiger partial charge in [-0.2, -0.15) is 5.26 Å². The fourth-order valence-electron chi connectivity index (χ4n) is 9.91. The highest BCUT2D eigenvalue weighted by molar-refractivity contribution is 9.09. The van der Waals surface area contributed by atoms with Crippen molar-refractivity contribution in [1.29, 1.82) is 5.26 Å². The summed E-state index contributed by atoms with van der Waals surface area (Å²) in [6.07, 6.45) is 3.33. The number of carbonyl (C=O) groups is 1. The molecule has 0 aliphatic carbocycles. The number of phosphoric ester groups is 1. The number of nitriles is 1. The maximum absolute atomic E-state index is 12.6. The number of amides is 1. The molecule has 3 fully saturated rings. The van der Waals surface area contributed by atoms with E-state index in [1.807, 2.05) is 71.9 Å². The number of phosphoric acid groups is 1. The number of aliphatic hydroxyl groups is 4. The summed E-state index contributed by atoms with van der Waals surface area (Å²) in [6.45, 7) is 17.2. The van der Waals surface area contributed by atoms with Crippen LogP contribution in [0.15, 0.2) is 52.2 Å². The first-order valence-corrected chi connectivity index (χ1v) is 26.7. The number of aromatic nitrogens is 1.